The Kier molecular flexibility index (Phi) is 4.42. The molecule has 1 saturated heterocycles. The largest absolute Gasteiger partial charge is 0.325 e. The van der Waals surface area contributed by atoms with E-state index < -0.39 is 39.8 Å². The number of benzene rings is 2. The minimum absolute atomic E-state index is 0.0354. The molecule has 1 unspecified atom stereocenters. The van der Waals surface area contributed by atoms with Crippen LogP contribution in [-0.4, -0.2) is 44.0 Å². The summed E-state index contributed by atoms with van der Waals surface area (Å²) in [7, 11) is -3.55. The number of carbonyl (C=O) groups excluding carboxylic acids is 3. The molecule has 2 aromatic rings. The van der Waals surface area contributed by atoms with Crippen LogP contribution in [0.2, 0.25) is 0 Å². The predicted octanol–water partition coefficient (Wildman–Crippen LogP) is 1.42. The molecule has 0 radical (unpaired) electrons. The van der Waals surface area contributed by atoms with Crippen LogP contribution < -0.4 is 10.6 Å². The Morgan fingerprint density at radius 1 is 1.14 bits per heavy atom. The molecule has 0 saturated carbocycles. The molecule has 1 atom stereocenters. The molecule has 9 heteroatoms. The fraction of sp³-hybridized carbons (Fsp3) is 0.250. The topological polar surface area (TPSA) is 113 Å². The van der Waals surface area contributed by atoms with Crippen molar-refractivity contribution in [3.63, 3.8) is 0 Å². The van der Waals surface area contributed by atoms with Gasteiger partial charge in [-0.1, -0.05) is 36.4 Å². The summed E-state index contributed by atoms with van der Waals surface area (Å²) in [5, 5.41) is 5.24. The minimum Gasteiger partial charge on any atom is -0.323 e. The second-order valence-corrected chi connectivity index (χ2v) is 9.18. The molecule has 8 nitrogen and oxygen atoms in total. The van der Waals surface area contributed by atoms with Crippen molar-refractivity contribution >= 4 is 33.4 Å². The second-order valence-electron chi connectivity index (χ2n) is 7.20. The molecule has 0 aromatic heterocycles. The van der Waals surface area contributed by atoms with Crippen LogP contribution in [-0.2, 0) is 31.4 Å². The van der Waals surface area contributed by atoms with Gasteiger partial charge in [-0.3, -0.25) is 14.5 Å². The molecule has 2 N–H and O–H groups in total. The van der Waals surface area contributed by atoms with Crippen LogP contribution in [0.1, 0.15) is 17.5 Å². The number of rotatable bonds is 4. The average molecular weight is 413 g/mol. The van der Waals surface area contributed by atoms with Crippen LogP contribution in [0.15, 0.2) is 53.4 Å². The maximum Gasteiger partial charge on any atom is 0.325 e. The van der Waals surface area contributed by atoms with Gasteiger partial charge in [0.1, 0.15) is 12.1 Å². The molecule has 4 rings (SSSR count). The van der Waals surface area contributed by atoms with Crippen molar-refractivity contribution in [2.24, 2.45) is 0 Å². The molecule has 1 spiro atoms. The number of carbonyl (C=O) groups is 3. The molecule has 2 aromatic carbocycles. The lowest BCUT2D eigenvalue weighted by molar-refractivity contribution is -0.134. The van der Waals surface area contributed by atoms with Gasteiger partial charge in [-0.15, -0.1) is 0 Å². The van der Waals surface area contributed by atoms with Crippen molar-refractivity contribution in [3.05, 3.63) is 59.7 Å². The number of anilines is 1. The van der Waals surface area contributed by atoms with E-state index in [1.165, 1.54) is 12.1 Å². The highest BCUT2D eigenvalue weighted by Gasteiger charge is 2.55. The van der Waals surface area contributed by atoms with Crippen LogP contribution in [0.25, 0.3) is 0 Å². The van der Waals surface area contributed by atoms with Gasteiger partial charge < -0.3 is 10.6 Å². The quantitative estimate of drug-likeness (QED) is 0.736. The number of urea groups is 1. The van der Waals surface area contributed by atoms with Crippen LogP contribution in [0, 0.1) is 0 Å². The Hall–Kier alpha value is -3.20. The maximum absolute atomic E-state index is 13.1. The van der Waals surface area contributed by atoms with Crippen LogP contribution in [0.3, 0.4) is 0 Å². The van der Waals surface area contributed by atoms with Gasteiger partial charge in [-0.2, -0.15) is 0 Å². The average Bonchev–Trinajstić information content (AvgIpc) is 3.15. The van der Waals surface area contributed by atoms with Crippen molar-refractivity contribution < 1.29 is 22.8 Å². The number of para-hydroxylation sites is 1. The lowest BCUT2D eigenvalue weighted by Crippen LogP contribution is -2.43. The Morgan fingerprint density at radius 3 is 2.59 bits per heavy atom. The zero-order valence-corrected chi connectivity index (χ0v) is 16.5. The van der Waals surface area contributed by atoms with Gasteiger partial charge in [0.05, 0.1) is 10.6 Å². The fourth-order valence-corrected chi connectivity index (χ4v) is 4.80. The van der Waals surface area contributed by atoms with Crippen molar-refractivity contribution in [2.45, 2.75) is 23.3 Å². The van der Waals surface area contributed by atoms with Gasteiger partial charge in [0.25, 0.3) is 5.91 Å². The number of amides is 4. The van der Waals surface area contributed by atoms with Gasteiger partial charge in [-0.05, 0) is 36.1 Å². The summed E-state index contributed by atoms with van der Waals surface area (Å²) < 4.78 is 23.8. The molecule has 2 aliphatic rings. The fourth-order valence-electron chi connectivity index (χ4n) is 3.96. The number of aryl methyl sites for hydroxylation is 1. The SMILES string of the molecule is CS(=O)(=O)c1ccccc1NC(=O)CN1C(=O)NC2(CCc3ccccc32)C1=O. The lowest BCUT2D eigenvalue weighted by atomic mass is 9.92. The van der Waals surface area contributed by atoms with Crippen LogP contribution >= 0.6 is 0 Å². The van der Waals surface area contributed by atoms with Gasteiger partial charge in [0.15, 0.2) is 9.84 Å². The number of imide groups is 1. The van der Waals surface area contributed by atoms with E-state index in [9.17, 15) is 22.8 Å². The molecule has 29 heavy (non-hydrogen) atoms. The van der Waals surface area contributed by atoms with E-state index in [1.807, 2.05) is 24.3 Å². The second kappa shape index (κ2) is 6.70. The van der Waals surface area contributed by atoms with E-state index >= 15 is 0 Å². The summed E-state index contributed by atoms with van der Waals surface area (Å²) in [5.74, 6) is -1.13. The predicted molar refractivity (Wildman–Crippen MR) is 105 cm³/mol. The first-order valence-electron chi connectivity index (χ1n) is 9.04. The van der Waals surface area contributed by atoms with E-state index in [4.69, 9.17) is 0 Å². The molecule has 0 bridgehead atoms. The molecule has 1 aliphatic heterocycles. The van der Waals surface area contributed by atoms with E-state index in [0.717, 1.165) is 22.3 Å². The highest BCUT2D eigenvalue weighted by molar-refractivity contribution is 7.90. The summed E-state index contributed by atoms with van der Waals surface area (Å²) in [6, 6.07) is 12.7. The Labute approximate surface area is 167 Å². The van der Waals surface area contributed by atoms with E-state index in [0.29, 0.717) is 12.8 Å². The normalized spacial score (nSPS) is 20.7. The number of nitrogens with zero attached hydrogens (tertiary/aromatic N) is 1. The third kappa shape index (κ3) is 3.17. The minimum atomic E-state index is -3.55. The summed E-state index contributed by atoms with van der Waals surface area (Å²) in [5.41, 5.74) is 0.713. The summed E-state index contributed by atoms with van der Waals surface area (Å²) in [6.07, 6.45) is 2.13. The Balaban J connectivity index is 1.55. The zero-order chi connectivity index (χ0) is 20.8. The number of fused-ring (bicyclic) bond motifs is 2. The van der Waals surface area contributed by atoms with Crippen molar-refractivity contribution in [3.8, 4) is 0 Å². The number of sulfone groups is 1. The number of nitrogens with one attached hydrogen (secondary N) is 2. The van der Waals surface area contributed by atoms with Gasteiger partial charge >= 0.3 is 6.03 Å². The van der Waals surface area contributed by atoms with Crippen molar-refractivity contribution in [2.75, 3.05) is 18.1 Å². The third-order valence-electron chi connectivity index (χ3n) is 5.28. The first kappa shape index (κ1) is 19.1. The van der Waals surface area contributed by atoms with E-state index in [2.05, 4.69) is 10.6 Å². The molecule has 150 valence electrons. The summed E-state index contributed by atoms with van der Waals surface area (Å²) in [6.45, 7) is -0.507. The molecule has 1 fully saturated rings. The van der Waals surface area contributed by atoms with E-state index in [1.54, 1.807) is 12.1 Å². The number of hydrogen-bond acceptors (Lipinski definition) is 5. The zero-order valence-electron chi connectivity index (χ0n) is 15.6. The molecular formula is C20H19N3O5S. The first-order valence-corrected chi connectivity index (χ1v) is 10.9. The molecule has 1 aliphatic carbocycles. The first-order chi connectivity index (χ1) is 13.7. The van der Waals surface area contributed by atoms with Crippen molar-refractivity contribution in [1.82, 2.24) is 10.2 Å². The molecule has 1 heterocycles. The monoisotopic (exact) mass is 413 g/mol. The van der Waals surface area contributed by atoms with E-state index in [-0.39, 0.29) is 10.6 Å². The summed E-state index contributed by atoms with van der Waals surface area (Å²) in [4.78, 5) is 38.9. The number of hydrogen-bond donors (Lipinski definition) is 2. The Morgan fingerprint density at radius 2 is 1.83 bits per heavy atom. The molecule has 4 amide bonds. The highest BCUT2D eigenvalue weighted by atomic mass is 32.2. The maximum atomic E-state index is 13.1. The smallest absolute Gasteiger partial charge is 0.323 e. The van der Waals surface area contributed by atoms with Crippen LogP contribution in [0.4, 0.5) is 10.5 Å². The standard InChI is InChI=1S/C20H19N3O5S/c1-29(27,28)16-9-5-4-8-15(16)21-17(24)12-23-18(25)20(22-19(23)26)11-10-13-6-2-3-7-14(13)20/h2-9H,10-12H2,1H3,(H,21,24)(H,22,26). The molecular weight excluding hydrogens is 394 g/mol. The van der Waals surface area contributed by atoms with Gasteiger partial charge in [-0.25, -0.2) is 13.2 Å². The Bertz CT molecular complexity index is 1140. The summed E-state index contributed by atoms with van der Waals surface area (Å²) >= 11 is 0. The van der Waals surface area contributed by atoms with Gasteiger partial charge in [0, 0.05) is 6.26 Å². The lowest BCUT2D eigenvalue weighted by Gasteiger charge is -2.22. The van der Waals surface area contributed by atoms with Crippen LogP contribution in [0.5, 0.6) is 0 Å². The highest BCUT2D eigenvalue weighted by Crippen LogP contribution is 2.41. The van der Waals surface area contributed by atoms with Crippen molar-refractivity contribution in [1.29, 1.82) is 0 Å². The third-order valence-corrected chi connectivity index (χ3v) is 6.44. The van der Waals surface area contributed by atoms with Gasteiger partial charge in [0.2, 0.25) is 5.91 Å².